The molecule has 1 rings (SSSR count). The van der Waals surface area contributed by atoms with Crippen LogP contribution in [0.25, 0.3) is 0 Å². The number of nitrogens with zero attached hydrogens (tertiary/aromatic N) is 1. The summed E-state index contributed by atoms with van der Waals surface area (Å²) < 4.78 is 10.6. The largest absolute Gasteiger partial charge is 0.394 e. The number of rotatable bonds is 36. The summed E-state index contributed by atoms with van der Waals surface area (Å²) in [5.74, 6) is -0.565. The van der Waals surface area contributed by atoms with Crippen molar-refractivity contribution in [3.63, 3.8) is 0 Å². The van der Waals surface area contributed by atoms with E-state index < -0.39 is 68.1 Å². The Labute approximate surface area is 389 Å². The van der Waals surface area contributed by atoms with E-state index in [1.807, 2.05) is 0 Å². The fourth-order valence-electron chi connectivity index (χ4n) is 6.72. The number of aliphatic hydroxyl groups excluding tert-OH is 11. The predicted octanol–water partition coefficient (Wildman–Crippen LogP) is -4.09. The van der Waals surface area contributed by atoms with E-state index in [9.17, 15) is 65.1 Å². The van der Waals surface area contributed by atoms with E-state index in [0.717, 1.165) is 6.42 Å². The standard InChI is InChI=1S/C40H76N4O17.Y/c1-26-19-27(21-45)44(20-26)35(54)14-3-2-7-16-42-40(59)28(43-34(53)13-6-10-18-61-25-32(51)39(58)37(56)30(49)23-47)11-4-8-15-41-33(52)12-5-9-17-60-24-31(50)38(57)36(55)29(48)22-46;/h26-32,36-39,45-51,55-58H,2-25H2,1H3,(H,41,52)(H,42,59)(H,43,53);/t26-,27+,28-,29?,30?,31?,32?,36?,37?,38?,39?;/m1./s1. The van der Waals surface area contributed by atoms with Crippen LogP contribution in [-0.4, -0.2) is 211 Å². The van der Waals surface area contributed by atoms with Crippen LogP contribution in [0.15, 0.2) is 0 Å². The van der Waals surface area contributed by atoms with Crippen molar-refractivity contribution in [1.82, 2.24) is 20.9 Å². The molecule has 8 unspecified atom stereocenters. The normalized spacial score (nSPS) is 19.6. The molecule has 361 valence electrons. The number of hydrogen-bond donors (Lipinski definition) is 14. The SMILES string of the molecule is C[C@@H]1C[C@@H](CO)N(C(=O)CCCCCNC(=O)[C@@H](CCCCNC(=O)CCCCOCC(O)C(O)C(O)C(O)CO)NC(=O)CCCCOCC(O)C(O)C(O)C(O)CO)C1.[Y]. The first-order chi connectivity index (χ1) is 29.1. The number of likely N-dealkylation sites (tertiary alicyclic amines) is 1. The number of ether oxygens (including phenoxy) is 2. The quantitative estimate of drug-likeness (QED) is 0.0266. The van der Waals surface area contributed by atoms with Crippen molar-refractivity contribution in [3.8, 4) is 0 Å². The Morgan fingerprint density at radius 1 is 0.613 bits per heavy atom. The van der Waals surface area contributed by atoms with Crippen molar-refractivity contribution >= 4 is 23.6 Å². The molecule has 0 aliphatic carbocycles. The molecule has 21 nitrogen and oxygen atoms in total. The van der Waals surface area contributed by atoms with Crippen LogP contribution in [-0.2, 0) is 61.4 Å². The van der Waals surface area contributed by atoms with E-state index in [2.05, 4.69) is 22.9 Å². The van der Waals surface area contributed by atoms with Crippen molar-refractivity contribution in [3.05, 3.63) is 0 Å². The van der Waals surface area contributed by atoms with Gasteiger partial charge in [0.15, 0.2) is 0 Å². The van der Waals surface area contributed by atoms with Gasteiger partial charge in [-0.15, -0.1) is 0 Å². The fourth-order valence-corrected chi connectivity index (χ4v) is 6.72. The zero-order chi connectivity index (χ0) is 45.7. The van der Waals surface area contributed by atoms with Gasteiger partial charge in [0.25, 0.3) is 0 Å². The average molecular weight is 974 g/mol. The monoisotopic (exact) mass is 973 g/mol. The van der Waals surface area contributed by atoms with Crippen LogP contribution < -0.4 is 16.0 Å². The first kappa shape index (κ1) is 60.5. The minimum absolute atomic E-state index is 0. The van der Waals surface area contributed by atoms with Gasteiger partial charge in [-0.2, -0.15) is 0 Å². The molecule has 1 heterocycles. The van der Waals surface area contributed by atoms with Crippen LogP contribution in [0.5, 0.6) is 0 Å². The van der Waals surface area contributed by atoms with Crippen LogP contribution in [0.1, 0.15) is 96.8 Å². The van der Waals surface area contributed by atoms with Crippen molar-refractivity contribution < 1.29 is 118 Å². The third-order valence-corrected chi connectivity index (χ3v) is 10.5. The predicted molar refractivity (Wildman–Crippen MR) is 218 cm³/mol. The maximum Gasteiger partial charge on any atom is 0.242 e. The third kappa shape index (κ3) is 25.2. The Hall–Kier alpha value is -1.54. The molecule has 1 fully saturated rings. The van der Waals surface area contributed by atoms with E-state index in [-0.39, 0.29) is 108 Å². The maximum absolute atomic E-state index is 13.2. The molecule has 1 aliphatic heterocycles. The Kier molecular flexibility index (Phi) is 34.8. The molecule has 0 spiro atoms. The van der Waals surface area contributed by atoms with E-state index in [1.165, 1.54) is 0 Å². The summed E-state index contributed by atoms with van der Waals surface area (Å²) in [4.78, 5) is 52.7. The molecule has 0 aromatic rings. The first-order valence-corrected chi connectivity index (χ1v) is 21.6. The second kappa shape index (κ2) is 35.7. The maximum atomic E-state index is 13.2. The molecular formula is C40H76N4O17Y. The van der Waals surface area contributed by atoms with Gasteiger partial charge in [0.1, 0.15) is 54.9 Å². The summed E-state index contributed by atoms with van der Waals surface area (Å²) >= 11 is 0. The van der Waals surface area contributed by atoms with E-state index >= 15 is 0 Å². The molecule has 1 saturated heterocycles. The summed E-state index contributed by atoms with van der Waals surface area (Å²) in [6, 6.07) is -0.978. The second-order valence-electron chi connectivity index (χ2n) is 16.0. The Balaban J connectivity index is 0.0000372. The van der Waals surface area contributed by atoms with Gasteiger partial charge in [-0.1, -0.05) is 13.3 Å². The minimum atomic E-state index is -1.77. The zero-order valence-corrected chi connectivity index (χ0v) is 39.1. The van der Waals surface area contributed by atoms with Gasteiger partial charge in [0.2, 0.25) is 23.6 Å². The number of aliphatic hydroxyl groups is 11. The zero-order valence-electron chi connectivity index (χ0n) is 36.2. The average Bonchev–Trinajstić information content (AvgIpc) is 3.64. The number of unbranched alkanes of at least 4 members (excludes halogenated alkanes) is 5. The molecule has 0 saturated carbocycles. The molecule has 14 N–H and O–H groups in total. The van der Waals surface area contributed by atoms with Crippen LogP contribution in [0.4, 0.5) is 0 Å². The Morgan fingerprint density at radius 3 is 1.63 bits per heavy atom. The smallest absolute Gasteiger partial charge is 0.242 e. The second-order valence-corrected chi connectivity index (χ2v) is 16.0. The van der Waals surface area contributed by atoms with Gasteiger partial charge in [-0.3, -0.25) is 19.2 Å². The summed E-state index contributed by atoms with van der Waals surface area (Å²) in [6.07, 6.45) is -6.80. The molecule has 4 amide bonds. The molecule has 0 bridgehead atoms. The molecule has 11 atom stereocenters. The van der Waals surface area contributed by atoms with E-state index in [0.29, 0.717) is 96.2 Å². The number of carbonyl (C=O) groups excluding carboxylic acids is 4. The molecule has 62 heavy (non-hydrogen) atoms. The molecular weight excluding hydrogens is 897 g/mol. The molecule has 22 heteroatoms. The van der Waals surface area contributed by atoms with Gasteiger partial charge >= 0.3 is 0 Å². The molecule has 1 radical (unpaired) electrons. The van der Waals surface area contributed by atoms with Crippen molar-refractivity contribution in [2.24, 2.45) is 5.92 Å². The van der Waals surface area contributed by atoms with Crippen molar-refractivity contribution in [2.45, 2.75) is 158 Å². The van der Waals surface area contributed by atoms with Crippen molar-refractivity contribution in [2.75, 3.05) is 65.9 Å². The first-order valence-electron chi connectivity index (χ1n) is 21.6. The molecule has 0 aromatic carbocycles. The van der Waals surface area contributed by atoms with E-state index in [4.69, 9.17) is 19.7 Å². The fraction of sp³-hybridized carbons (Fsp3) is 0.900. The van der Waals surface area contributed by atoms with E-state index in [1.54, 1.807) is 4.90 Å². The molecule has 1 aliphatic rings. The number of carbonyl (C=O) groups is 4. The van der Waals surface area contributed by atoms with Crippen LogP contribution in [0.3, 0.4) is 0 Å². The molecule has 0 aromatic heterocycles. The summed E-state index contributed by atoms with van der Waals surface area (Å²) in [5, 5.41) is 114. The number of nitrogens with one attached hydrogen (secondary N) is 3. The van der Waals surface area contributed by atoms with Crippen LogP contribution in [0, 0.1) is 5.92 Å². The van der Waals surface area contributed by atoms with Gasteiger partial charge < -0.3 is 86.5 Å². The number of amides is 4. The van der Waals surface area contributed by atoms with Gasteiger partial charge in [0, 0.05) is 84.8 Å². The van der Waals surface area contributed by atoms with Crippen LogP contribution >= 0.6 is 0 Å². The summed E-state index contributed by atoms with van der Waals surface area (Å²) in [7, 11) is 0. The van der Waals surface area contributed by atoms with Gasteiger partial charge in [-0.05, 0) is 70.1 Å². The van der Waals surface area contributed by atoms with Crippen LogP contribution in [0.2, 0.25) is 0 Å². The topological polar surface area (TPSA) is 349 Å². The van der Waals surface area contributed by atoms with Gasteiger partial charge in [-0.25, -0.2) is 0 Å². The Morgan fingerprint density at radius 2 is 1.10 bits per heavy atom. The number of hydrogen-bond acceptors (Lipinski definition) is 17. The van der Waals surface area contributed by atoms with Gasteiger partial charge in [0.05, 0.1) is 39.1 Å². The summed E-state index contributed by atoms with van der Waals surface area (Å²) in [5.41, 5.74) is 0. The Bertz CT molecular complexity index is 1220. The summed E-state index contributed by atoms with van der Waals surface area (Å²) in [6.45, 7) is 1.34. The minimum Gasteiger partial charge on any atom is -0.394 e. The van der Waals surface area contributed by atoms with Crippen molar-refractivity contribution in [1.29, 1.82) is 0 Å². The third-order valence-electron chi connectivity index (χ3n) is 10.5.